The van der Waals surface area contributed by atoms with Crippen LogP contribution in [0.3, 0.4) is 0 Å². The Hall–Kier alpha value is -1.55. The third-order valence-electron chi connectivity index (χ3n) is 4.14. The summed E-state index contributed by atoms with van der Waals surface area (Å²) in [7, 11) is 0. The van der Waals surface area contributed by atoms with Gasteiger partial charge in [0, 0.05) is 13.0 Å². The van der Waals surface area contributed by atoms with Gasteiger partial charge in [-0.3, -0.25) is 9.69 Å². The van der Waals surface area contributed by atoms with Crippen molar-refractivity contribution >= 4 is 5.97 Å². The number of ether oxygens (including phenoxy) is 1. The maximum Gasteiger partial charge on any atom is 0.303 e. The van der Waals surface area contributed by atoms with Crippen molar-refractivity contribution < 1.29 is 14.6 Å². The van der Waals surface area contributed by atoms with E-state index in [0.717, 1.165) is 44.6 Å². The highest BCUT2D eigenvalue weighted by Gasteiger charge is 2.19. The molecule has 2 rings (SSSR count). The van der Waals surface area contributed by atoms with E-state index in [-0.39, 0.29) is 0 Å². The molecule has 21 heavy (non-hydrogen) atoms. The summed E-state index contributed by atoms with van der Waals surface area (Å²) in [5.74, 6) is 0.838. The van der Waals surface area contributed by atoms with Gasteiger partial charge in [0.25, 0.3) is 0 Å². The standard InChI is InChI=1S/C17H25NO3/c1-14-3-2-4-16(13-14)21-12-11-18-9-7-15(8-10-18)5-6-17(19)20/h2-4,13,15H,5-12H2,1H3,(H,19,20). The Morgan fingerprint density at radius 2 is 2.14 bits per heavy atom. The van der Waals surface area contributed by atoms with Crippen molar-refractivity contribution in [3.63, 3.8) is 0 Å². The Labute approximate surface area is 126 Å². The fraction of sp³-hybridized carbons (Fsp3) is 0.588. The second-order valence-electron chi connectivity index (χ2n) is 5.88. The Morgan fingerprint density at radius 1 is 1.38 bits per heavy atom. The van der Waals surface area contributed by atoms with Crippen LogP contribution in [0.1, 0.15) is 31.2 Å². The molecule has 1 heterocycles. The molecule has 0 saturated carbocycles. The first-order valence-electron chi connectivity index (χ1n) is 7.77. The number of aryl methyl sites for hydroxylation is 1. The number of piperidine rings is 1. The van der Waals surface area contributed by atoms with Crippen molar-refractivity contribution in [3.05, 3.63) is 29.8 Å². The third-order valence-corrected chi connectivity index (χ3v) is 4.14. The summed E-state index contributed by atoms with van der Waals surface area (Å²) in [5.41, 5.74) is 1.21. The normalized spacial score (nSPS) is 16.8. The number of aliphatic carboxylic acids is 1. The molecule has 0 amide bonds. The van der Waals surface area contributed by atoms with Crippen LogP contribution in [0.15, 0.2) is 24.3 Å². The van der Waals surface area contributed by atoms with E-state index < -0.39 is 5.97 Å². The lowest BCUT2D eigenvalue weighted by Gasteiger charge is -2.31. The second-order valence-corrected chi connectivity index (χ2v) is 5.88. The minimum absolute atomic E-state index is 0.307. The first-order chi connectivity index (χ1) is 10.1. The molecular weight excluding hydrogens is 266 g/mol. The van der Waals surface area contributed by atoms with E-state index in [4.69, 9.17) is 9.84 Å². The summed E-state index contributed by atoms with van der Waals surface area (Å²) < 4.78 is 5.78. The predicted molar refractivity (Wildman–Crippen MR) is 82.7 cm³/mol. The lowest BCUT2D eigenvalue weighted by Crippen LogP contribution is -2.36. The first-order valence-corrected chi connectivity index (χ1v) is 7.77. The topological polar surface area (TPSA) is 49.8 Å². The van der Waals surface area contributed by atoms with Gasteiger partial charge in [0.2, 0.25) is 0 Å². The highest BCUT2D eigenvalue weighted by Crippen LogP contribution is 2.21. The molecule has 1 aliphatic rings. The summed E-state index contributed by atoms with van der Waals surface area (Å²) in [6.07, 6.45) is 3.35. The summed E-state index contributed by atoms with van der Waals surface area (Å²) >= 11 is 0. The van der Waals surface area contributed by atoms with Gasteiger partial charge in [-0.25, -0.2) is 0 Å². The summed E-state index contributed by atoms with van der Waals surface area (Å²) in [4.78, 5) is 13.0. The van der Waals surface area contributed by atoms with Gasteiger partial charge in [-0.2, -0.15) is 0 Å². The van der Waals surface area contributed by atoms with Gasteiger partial charge in [0.1, 0.15) is 12.4 Å². The van der Waals surface area contributed by atoms with Gasteiger partial charge in [0.15, 0.2) is 0 Å². The Balaban J connectivity index is 1.61. The van der Waals surface area contributed by atoms with Crippen LogP contribution in [0.5, 0.6) is 5.75 Å². The minimum atomic E-state index is -0.677. The molecule has 116 valence electrons. The van der Waals surface area contributed by atoms with Crippen molar-refractivity contribution in [2.75, 3.05) is 26.2 Å². The number of rotatable bonds is 7. The Morgan fingerprint density at radius 3 is 2.81 bits per heavy atom. The highest BCUT2D eigenvalue weighted by molar-refractivity contribution is 5.66. The number of carboxylic acids is 1. The van der Waals surface area contributed by atoms with Crippen molar-refractivity contribution in [2.45, 2.75) is 32.6 Å². The molecule has 0 aromatic heterocycles. The molecule has 0 radical (unpaired) electrons. The van der Waals surface area contributed by atoms with E-state index in [2.05, 4.69) is 24.0 Å². The Kier molecular flexibility index (Phi) is 6.05. The fourth-order valence-electron chi connectivity index (χ4n) is 2.82. The number of likely N-dealkylation sites (tertiary alicyclic amines) is 1. The van der Waals surface area contributed by atoms with E-state index in [1.54, 1.807) is 0 Å². The molecule has 4 nitrogen and oxygen atoms in total. The van der Waals surface area contributed by atoms with Crippen LogP contribution >= 0.6 is 0 Å². The van der Waals surface area contributed by atoms with Crippen molar-refractivity contribution in [1.82, 2.24) is 4.90 Å². The van der Waals surface area contributed by atoms with E-state index >= 15 is 0 Å². The third kappa shape index (κ3) is 5.76. The molecule has 0 unspecified atom stereocenters. The molecule has 0 atom stereocenters. The molecule has 1 aromatic carbocycles. The average molecular weight is 291 g/mol. The maximum atomic E-state index is 10.6. The Bertz CT molecular complexity index is 453. The van der Waals surface area contributed by atoms with Gasteiger partial charge in [-0.05, 0) is 62.9 Å². The SMILES string of the molecule is Cc1cccc(OCCN2CCC(CCC(=O)O)CC2)c1. The number of carbonyl (C=O) groups is 1. The lowest BCUT2D eigenvalue weighted by atomic mass is 9.92. The van der Waals surface area contributed by atoms with Crippen LogP contribution in [0, 0.1) is 12.8 Å². The highest BCUT2D eigenvalue weighted by atomic mass is 16.5. The number of benzene rings is 1. The van der Waals surface area contributed by atoms with Crippen molar-refractivity contribution in [2.24, 2.45) is 5.92 Å². The smallest absolute Gasteiger partial charge is 0.303 e. The van der Waals surface area contributed by atoms with Crippen LogP contribution in [0.25, 0.3) is 0 Å². The zero-order valence-corrected chi connectivity index (χ0v) is 12.8. The van der Waals surface area contributed by atoms with E-state index in [0.29, 0.717) is 18.9 Å². The molecule has 1 N–H and O–H groups in total. The largest absolute Gasteiger partial charge is 0.492 e. The molecule has 4 heteroatoms. The van der Waals surface area contributed by atoms with Crippen molar-refractivity contribution in [1.29, 1.82) is 0 Å². The van der Waals surface area contributed by atoms with Gasteiger partial charge in [-0.1, -0.05) is 12.1 Å². The van der Waals surface area contributed by atoms with Gasteiger partial charge in [-0.15, -0.1) is 0 Å². The lowest BCUT2D eigenvalue weighted by molar-refractivity contribution is -0.137. The summed E-state index contributed by atoms with van der Waals surface area (Å²) in [6.45, 7) is 5.83. The van der Waals surface area contributed by atoms with Crippen LogP contribution in [0.2, 0.25) is 0 Å². The van der Waals surface area contributed by atoms with Gasteiger partial charge in [0.05, 0.1) is 0 Å². The van der Waals surface area contributed by atoms with Crippen LogP contribution < -0.4 is 4.74 Å². The summed E-state index contributed by atoms with van der Waals surface area (Å²) in [6, 6.07) is 8.12. The molecule has 1 aromatic rings. The zero-order valence-electron chi connectivity index (χ0n) is 12.8. The number of nitrogens with zero attached hydrogens (tertiary/aromatic N) is 1. The fourth-order valence-corrected chi connectivity index (χ4v) is 2.82. The summed E-state index contributed by atoms with van der Waals surface area (Å²) in [5, 5.41) is 8.71. The molecule has 0 aliphatic carbocycles. The molecule has 1 fully saturated rings. The first kappa shape index (κ1) is 15.8. The van der Waals surface area contributed by atoms with E-state index in [9.17, 15) is 4.79 Å². The second kappa shape index (κ2) is 8.03. The molecule has 0 bridgehead atoms. The van der Waals surface area contributed by atoms with Crippen molar-refractivity contribution in [3.8, 4) is 5.75 Å². The van der Waals surface area contributed by atoms with E-state index in [1.165, 1.54) is 5.56 Å². The number of carboxylic acid groups (broad SMARTS) is 1. The van der Waals surface area contributed by atoms with Gasteiger partial charge < -0.3 is 9.84 Å². The molecule has 1 aliphatic heterocycles. The quantitative estimate of drug-likeness (QED) is 0.839. The number of hydrogen-bond acceptors (Lipinski definition) is 3. The molecule has 0 spiro atoms. The zero-order chi connectivity index (χ0) is 15.1. The predicted octanol–water partition coefficient (Wildman–Crippen LogP) is 2.95. The molecule has 1 saturated heterocycles. The minimum Gasteiger partial charge on any atom is -0.492 e. The monoisotopic (exact) mass is 291 g/mol. The van der Waals surface area contributed by atoms with Crippen LogP contribution in [0.4, 0.5) is 0 Å². The maximum absolute atomic E-state index is 10.6. The van der Waals surface area contributed by atoms with Gasteiger partial charge >= 0.3 is 5.97 Å². The van der Waals surface area contributed by atoms with Crippen LogP contribution in [-0.2, 0) is 4.79 Å². The van der Waals surface area contributed by atoms with E-state index in [1.807, 2.05) is 12.1 Å². The molecular formula is C17H25NO3. The average Bonchev–Trinajstić information content (AvgIpc) is 2.46. The van der Waals surface area contributed by atoms with Crippen LogP contribution in [-0.4, -0.2) is 42.2 Å². The number of hydrogen-bond donors (Lipinski definition) is 1.